The second-order valence-corrected chi connectivity index (χ2v) is 9.26. The van der Waals surface area contributed by atoms with E-state index < -0.39 is 5.97 Å². The molecule has 1 aliphatic heterocycles. The molecule has 0 spiro atoms. The van der Waals surface area contributed by atoms with Crippen LogP contribution in [0.15, 0.2) is 30.6 Å². The molecule has 2 heterocycles. The highest BCUT2D eigenvalue weighted by molar-refractivity contribution is 5.82. The molecule has 144 valence electrons. The van der Waals surface area contributed by atoms with E-state index in [-0.39, 0.29) is 35.9 Å². The summed E-state index contributed by atoms with van der Waals surface area (Å²) in [7, 11) is 0. The number of ether oxygens (including phenoxy) is 1. The lowest BCUT2D eigenvalue weighted by Gasteiger charge is -2.39. The van der Waals surface area contributed by atoms with Crippen LogP contribution < -0.4 is 0 Å². The number of esters is 1. The number of hydrogen-bond acceptors (Lipinski definition) is 4. The molecule has 2 atom stereocenters. The first-order chi connectivity index (χ1) is 12.7. The number of carbonyl (C=O) groups is 2. The molecule has 2 bridgehead atoms. The molecule has 4 rings (SSSR count). The number of hydrogen-bond donors (Lipinski definition) is 0. The second-order valence-electron chi connectivity index (χ2n) is 9.26. The molecule has 1 saturated heterocycles. The highest BCUT2D eigenvalue weighted by Gasteiger charge is 2.50. The minimum Gasteiger partial charge on any atom is -0.454 e. The van der Waals surface area contributed by atoms with Crippen LogP contribution in [0.1, 0.15) is 40.0 Å². The molecule has 1 aliphatic carbocycles. The molecule has 0 radical (unpaired) electrons. The summed E-state index contributed by atoms with van der Waals surface area (Å²) in [6.07, 6.45) is 4.83. The zero-order chi connectivity index (χ0) is 19.2. The molecule has 6 heteroatoms. The SMILES string of the molecule is CC1(C)CC2CC(C)(CN2C(=O)COC(=O)Cn2cnc3ccccc32)C1. The van der Waals surface area contributed by atoms with Crippen molar-refractivity contribution in [2.45, 2.75) is 52.6 Å². The van der Waals surface area contributed by atoms with Crippen molar-refractivity contribution >= 4 is 22.9 Å². The Kier molecular flexibility index (Phi) is 4.24. The standard InChI is InChI=1S/C21H27N3O3/c1-20(2)8-15-9-21(3,12-20)13-24(15)18(25)11-27-19(26)10-23-14-22-16-6-4-5-7-17(16)23/h4-7,14-15H,8-13H2,1-3H3. The first-order valence-corrected chi connectivity index (χ1v) is 9.60. The monoisotopic (exact) mass is 369 g/mol. The van der Waals surface area contributed by atoms with Crippen molar-refractivity contribution in [3.63, 3.8) is 0 Å². The maximum Gasteiger partial charge on any atom is 0.326 e. The number of likely N-dealkylation sites (tertiary alicyclic amines) is 1. The first-order valence-electron chi connectivity index (χ1n) is 9.60. The number of benzene rings is 1. The fourth-order valence-corrected chi connectivity index (χ4v) is 5.30. The van der Waals surface area contributed by atoms with Gasteiger partial charge < -0.3 is 14.2 Å². The van der Waals surface area contributed by atoms with Crippen LogP contribution in [0.3, 0.4) is 0 Å². The number of amides is 1. The molecule has 2 fully saturated rings. The van der Waals surface area contributed by atoms with Gasteiger partial charge in [0.25, 0.3) is 5.91 Å². The van der Waals surface area contributed by atoms with Crippen molar-refractivity contribution < 1.29 is 14.3 Å². The van der Waals surface area contributed by atoms with Crippen LogP contribution >= 0.6 is 0 Å². The van der Waals surface area contributed by atoms with Crippen molar-refractivity contribution in [3.8, 4) is 0 Å². The van der Waals surface area contributed by atoms with Crippen LogP contribution in [0, 0.1) is 10.8 Å². The number of carbonyl (C=O) groups excluding carboxylic acids is 2. The summed E-state index contributed by atoms with van der Waals surface area (Å²) >= 11 is 0. The van der Waals surface area contributed by atoms with Gasteiger partial charge in [0.2, 0.25) is 0 Å². The van der Waals surface area contributed by atoms with Gasteiger partial charge in [-0.25, -0.2) is 4.98 Å². The smallest absolute Gasteiger partial charge is 0.326 e. The largest absolute Gasteiger partial charge is 0.454 e. The molecule has 1 saturated carbocycles. The summed E-state index contributed by atoms with van der Waals surface area (Å²) in [5.41, 5.74) is 2.15. The van der Waals surface area contributed by atoms with E-state index >= 15 is 0 Å². The fourth-order valence-electron chi connectivity index (χ4n) is 5.30. The van der Waals surface area contributed by atoms with Crippen LogP contribution in [0.4, 0.5) is 0 Å². The summed E-state index contributed by atoms with van der Waals surface area (Å²) in [6.45, 7) is 7.47. The van der Waals surface area contributed by atoms with Crippen molar-refractivity contribution in [1.29, 1.82) is 0 Å². The molecule has 1 amide bonds. The molecular formula is C21H27N3O3. The number of nitrogens with zero attached hydrogens (tertiary/aromatic N) is 3. The molecule has 6 nitrogen and oxygen atoms in total. The molecule has 1 aromatic carbocycles. The van der Waals surface area contributed by atoms with E-state index in [0.717, 1.165) is 36.8 Å². The maximum atomic E-state index is 12.7. The second kappa shape index (κ2) is 6.36. The van der Waals surface area contributed by atoms with Gasteiger partial charge in [-0.05, 0) is 42.2 Å². The number of para-hydroxylation sites is 2. The average molecular weight is 369 g/mol. The van der Waals surface area contributed by atoms with Gasteiger partial charge in [-0.1, -0.05) is 32.9 Å². The van der Waals surface area contributed by atoms with Crippen LogP contribution in [0.2, 0.25) is 0 Å². The van der Waals surface area contributed by atoms with Crippen molar-refractivity contribution in [2.24, 2.45) is 10.8 Å². The highest BCUT2D eigenvalue weighted by atomic mass is 16.5. The van der Waals surface area contributed by atoms with Gasteiger partial charge in [0.15, 0.2) is 6.61 Å². The quantitative estimate of drug-likeness (QED) is 0.777. The third kappa shape index (κ3) is 3.57. The Morgan fingerprint density at radius 1 is 1.22 bits per heavy atom. The summed E-state index contributed by atoms with van der Waals surface area (Å²) in [5.74, 6) is -0.495. The van der Waals surface area contributed by atoms with Gasteiger partial charge in [-0.15, -0.1) is 0 Å². The molecular weight excluding hydrogens is 342 g/mol. The summed E-state index contributed by atoms with van der Waals surface area (Å²) < 4.78 is 7.04. The highest BCUT2D eigenvalue weighted by Crippen LogP contribution is 2.52. The minimum atomic E-state index is -0.416. The van der Waals surface area contributed by atoms with E-state index in [9.17, 15) is 9.59 Å². The van der Waals surface area contributed by atoms with E-state index in [4.69, 9.17) is 4.74 Å². The number of rotatable bonds is 4. The summed E-state index contributed by atoms with van der Waals surface area (Å²) in [4.78, 5) is 31.1. The molecule has 1 aromatic heterocycles. The number of aromatic nitrogens is 2. The first kappa shape index (κ1) is 18.0. The Morgan fingerprint density at radius 3 is 2.81 bits per heavy atom. The van der Waals surface area contributed by atoms with Crippen molar-refractivity contribution in [2.75, 3.05) is 13.2 Å². The lowest BCUT2D eigenvalue weighted by molar-refractivity contribution is -0.153. The van der Waals surface area contributed by atoms with E-state index in [2.05, 4.69) is 25.8 Å². The lowest BCUT2D eigenvalue weighted by atomic mass is 9.65. The molecule has 2 aliphatic rings. The van der Waals surface area contributed by atoms with Crippen molar-refractivity contribution in [1.82, 2.24) is 14.5 Å². The number of imidazole rings is 1. The van der Waals surface area contributed by atoms with Crippen LogP contribution in [0.5, 0.6) is 0 Å². The van der Waals surface area contributed by atoms with E-state index in [1.54, 1.807) is 10.9 Å². The summed E-state index contributed by atoms with van der Waals surface area (Å²) in [5, 5.41) is 0. The molecule has 0 N–H and O–H groups in total. The third-order valence-corrected chi connectivity index (χ3v) is 5.92. The molecule has 2 aromatic rings. The Labute approximate surface area is 159 Å². The van der Waals surface area contributed by atoms with Crippen LogP contribution in [0.25, 0.3) is 11.0 Å². The lowest BCUT2D eigenvalue weighted by Crippen LogP contribution is -2.40. The molecule has 2 unspecified atom stereocenters. The van der Waals surface area contributed by atoms with Crippen molar-refractivity contribution in [3.05, 3.63) is 30.6 Å². The van der Waals surface area contributed by atoms with Crippen LogP contribution in [-0.4, -0.2) is 45.5 Å². The predicted octanol–water partition coefficient (Wildman–Crippen LogP) is 3.01. The maximum absolute atomic E-state index is 12.7. The van der Waals surface area contributed by atoms with Gasteiger partial charge in [0.05, 0.1) is 17.4 Å². The Balaban J connectivity index is 1.35. The van der Waals surface area contributed by atoms with Gasteiger partial charge in [0.1, 0.15) is 6.54 Å². The topological polar surface area (TPSA) is 64.4 Å². The zero-order valence-electron chi connectivity index (χ0n) is 16.3. The minimum absolute atomic E-state index is 0.0575. The van der Waals surface area contributed by atoms with Crippen LogP contribution in [-0.2, 0) is 20.9 Å². The average Bonchev–Trinajstić information content (AvgIpc) is 3.10. The normalized spacial score (nSPS) is 26.3. The molecule has 27 heavy (non-hydrogen) atoms. The van der Waals surface area contributed by atoms with E-state index in [1.165, 1.54) is 0 Å². The van der Waals surface area contributed by atoms with Gasteiger partial charge >= 0.3 is 5.97 Å². The fraction of sp³-hybridized carbons (Fsp3) is 0.571. The van der Waals surface area contributed by atoms with Gasteiger partial charge in [-0.3, -0.25) is 9.59 Å². The Bertz CT molecular complexity index is 888. The van der Waals surface area contributed by atoms with Gasteiger partial charge in [0, 0.05) is 12.6 Å². The Hall–Kier alpha value is -2.37. The predicted molar refractivity (Wildman–Crippen MR) is 102 cm³/mol. The van der Waals surface area contributed by atoms with E-state index in [1.807, 2.05) is 29.2 Å². The van der Waals surface area contributed by atoms with Gasteiger partial charge in [-0.2, -0.15) is 0 Å². The zero-order valence-corrected chi connectivity index (χ0v) is 16.3. The number of fused-ring (bicyclic) bond motifs is 3. The Morgan fingerprint density at radius 2 is 2.00 bits per heavy atom. The summed E-state index contributed by atoms with van der Waals surface area (Å²) in [6, 6.07) is 7.89. The van der Waals surface area contributed by atoms with E-state index in [0.29, 0.717) is 0 Å². The third-order valence-electron chi connectivity index (χ3n) is 5.92.